The number of rotatable bonds is 7. The molecule has 0 aliphatic heterocycles. The topological polar surface area (TPSA) is 82.1 Å². The van der Waals surface area contributed by atoms with Crippen LogP contribution in [0.15, 0.2) is 36.5 Å². The predicted molar refractivity (Wildman–Crippen MR) is 124 cm³/mol. The molecule has 0 spiro atoms. The molecule has 0 aromatic rings. The normalized spacial score (nSPS) is 13.3. The molecule has 0 unspecified atom stereocenters. The van der Waals surface area contributed by atoms with Gasteiger partial charge in [0.15, 0.2) is 0 Å². The molecule has 1 aliphatic carbocycles. The van der Waals surface area contributed by atoms with Crippen molar-refractivity contribution in [2.24, 2.45) is 0 Å². The minimum atomic E-state index is -0.347. The van der Waals surface area contributed by atoms with Gasteiger partial charge < -0.3 is 19.1 Å². The summed E-state index contributed by atoms with van der Waals surface area (Å²) in [6.45, 7) is 16.5. The molecule has 0 amide bonds. The monoisotopic (exact) mass is 439 g/mol. The van der Waals surface area contributed by atoms with Gasteiger partial charge in [-0.3, -0.25) is 0 Å². The average Bonchev–Trinajstić information content (AvgIpc) is 2.96. The van der Waals surface area contributed by atoms with Crippen molar-refractivity contribution in [1.82, 2.24) is 4.90 Å². The maximum Gasteiger partial charge on any atom is 0.333 e. The van der Waals surface area contributed by atoms with E-state index < -0.39 is 0 Å². The van der Waals surface area contributed by atoms with E-state index in [1.54, 1.807) is 20.8 Å². The third kappa shape index (κ3) is 19.3. The summed E-state index contributed by atoms with van der Waals surface area (Å²) in [5.41, 5.74) is 1.38. The van der Waals surface area contributed by atoms with Gasteiger partial charge in [-0.05, 0) is 60.5 Å². The first-order valence-electron chi connectivity index (χ1n) is 10.5. The van der Waals surface area contributed by atoms with Gasteiger partial charge in [0, 0.05) is 23.3 Å². The number of carbonyl (C=O) groups is 3. The molecule has 0 aromatic heterocycles. The van der Waals surface area contributed by atoms with Crippen molar-refractivity contribution in [1.29, 1.82) is 0 Å². The molecule has 7 heteroatoms. The van der Waals surface area contributed by atoms with Crippen molar-refractivity contribution in [3.05, 3.63) is 36.5 Å². The van der Waals surface area contributed by atoms with Crippen LogP contribution in [0, 0.1) is 0 Å². The molecule has 1 saturated carbocycles. The highest BCUT2D eigenvalue weighted by molar-refractivity contribution is 5.87. The maximum atomic E-state index is 11.2. The van der Waals surface area contributed by atoms with Gasteiger partial charge in [-0.1, -0.05) is 32.6 Å². The van der Waals surface area contributed by atoms with Crippen molar-refractivity contribution in [2.75, 3.05) is 34.4 Å². The molecule has 1 fully saturated rings. The van der Waals surface area contributed by atoms with Gasteiger partial charge in [0.25, 0.3) is 0 Å². The van der Waals surface area contributed by atoms with Gasteiger partial charge in [-0.25, -0.2) is 14.4 Å². The number of likely N-dealkylation sites (N-methyl/N-ethyl adjacent to an activating group) is 1. The fraction of sp³-hybridized carbons (Fsp3) is 0.625. The van der Waals surface area contributed by atoms with Gasteiger partial charge >= 0.3 is 17.9 Å². The van der Waals surface area contributed by atoms with Crippen LogP contribution >= 0.6 is 0 Å². The molecule has 0 N–H and O–H groups in total. The van der Waals surface area contributed by atoms with Crippen molar-refractivity contribution >= 4 is 17.9 Å². The quantitative estimate of drug-likeness (QED) is 0.254. The van der Waals surface area contributed by atoms with Crippen LogP contribution in [0.25, 0.3) is 0 Å². The zero-order valence-electron chi connectivity index (χ0n) is 20.3. The minimum Gasteiger partial charge on any atom is -0.466 e. The predicted octanol–water partition coefficient (Wildman–Crippen LogP) is 4.23. The van der Waals surface area contributed by atoms with E-state index in [2.05, 4.69) is 24.5 Å². The lowest BCUT2D eigenvalue weighted by atomic mass is 10.1. The molecule has 31 heavy (non-hydrogen) atoms. The summed E-state index contributed by atoms with van der Waals surface area (Å²) in [6, 6.07) is 0. The Morgan fingerprint density at radius 1 is 0.806 bits per heavy atom. The van der Waals surface area contributed by atoms with Gasteiger partial charge in [0.05, 0.1) is 7.11 Å². The third-order valence-corrected chi connectivity index (χ3v) is 4.08. The number of hydrogen-bond acceptors (Lipinski definition) is 7. The Labute approximate surface area is 188 Å². The molecule has 0 radical (unpaired) electrons. The first-order valence-corrected chi connectivity index (χ1v) is 10.5. The summed E-state index contributed by atoms with van der Waals surface area (Å²) in [5.74, 6) is -0.890. The number of ether oxygens (including phenoxy) is 3. The lowest BCUT2D eigenvalue weighted by Crippen LogP contribution is -2.20. The summed E-state index contributed by atoms with van der Waals surface area (Å²) in [5, 5.41) is 0. The molecule has 0 saturated heterocycles. The van der Waals surface area contributed by atoms with E-state index in [1.807, 2.05) is 19.0 Å². The first-order chi connectivity index (χ1) is 14.4. The highest BCUT2D eigenvalue weighted by Crippen LogP contribution is 2.20. The van der Waals surface area contributed by atoms with Crippen LogP contribution in [0.3, 0.4) is 0 Å². The highest BCUT2D eigenvalue weighted by Gasteiger charge is 2.16. The van der Waals surface area contributed by atoms with Crippen LogP contribution in [-0.2, 0) is 28.6 Å². The zero-order valence-corrected chi connectivity index (χ0v) is 20.3. The van der Waals surface area contributed by atoms with Crippen LogP contribution in [0.1, 0.15) is 59.3 Å². The van der Waals surface area contributed by atoms with Crippen molar-refractivity contribution in [3.8, 4) is 0 Å². The number of hydrogen-bond donors (Lipinski definition) is 0. The molecule has 0 atom stereocenters. The van der Waals surface area contributed by atoms with E-state index in [0.717, 1.165) is 19.4 Å². The SMILES string of the molecule is C=C(C)C(=O)OC.C=C(C)C(=O)OC1CCCCCC1.C=C(C)C(=O)OCCN(C)C. The lowest BCUT2D eigenvalue weighted by Gasteiger charge is -2.14. The molecular formula is C24H41NO6. The fourth-order valence-electron chi connectivity index (χ4n) is 2.23. The van der Waals surface area contributed by atoms with Gasteiger partial charge in [0.2, 0.25) is 0 Å². The second kappa shape index (κ2) is 18.4. The van der Waals surface area contributed by atoms with E-state index in [-0.39, 0.29) is 24.0 Å². The summed E-state index contributed by atoms with van der Waals surface area (Å²) in [7, 11) is 5.18. The Bertz CT molecular complexity index is 601. The van der Waals surface area contributed by atoms with E-state index in [9.17, 15) is 14.4 Å². The molecule has 1 rings (SSSR count). The largest absolute Gasteiger partial charge is 0.466 e. The number of methoxy groups -OCH3 is 1. The van der Waals surface area contributed by atoms with Gasteiger partial charge in [0.1, 0.15) is 12.7 Å². The summed E-state index contributed by atoms with van der Waals surface area (Å²) in [4.78, 5) is 34.1. The van der Waals surface area contributed by atoms with Gasteiger partial charge in [-0.2, -0.15) is 0 Å². The Morgan fingerprint density at radius 3 is 1.58 bits per heavy atom. The second-order valence-corrected chi connectivity index (χ2v) is 7.79. The van der Waals surface area contributed by atoms with Crippen LogP contribution in [0.2, 0.25) is 0 Å². The molecule has 0 aromatic carbocycles. The summed E-state index contributed by atoms with van der Waals surface area (Å²) in [6.07, 6.45) is 7.13. The maximum absolute atomic E-state index is 11.2. The fourth-order valence-corrected chi connectivity index (χ4v) is 2.23. The van der Waals surface area contributed by atoms with Crippen LogP contribution in [0.4, 0.5) is 0 Å². The van der Waals surface area contributed by atoms with E-state index in [1.165, 1.54) is 32.8 Å². The molecule has 7 nitrogen and oxygen atoms in total. The standard InChI is InChI=1S/C11H18O2.C8H15NO2.C5H8O2/c1-9(2)11(12)13-10-7-5-3-4-6-8-10;1-7(2)8(10)11-6-5-9(3)4;1-4(2)5(6)7-3/h10H,1,3-8H2,2H3;1,5-6H2,2-4H3;1H2,2-3H3. The Balaban J connectivity index is 0. The van der Waals surface area contributed by atoms with Gasteiger partial charge in [-0.15, -0.1) is 0 Å². The third-order valence-electron chi connectivity index (χ3n) is 4.08. The highest BCUT2D eigenvalue weighted by atomic mass is 16.5. The molecule has 1 aliphatic rings. The average molecular weight is 440 g/mol. The molecular weight excluding hydrogens is 398 g/mol. The van der Waals surface area contributed by atoms with E-state index in [4.69, 9.17) is 9.47 Å². The number of esters is 3. The smallest absolute Gasteiger partial charge is 0.333 e. The zero-order chi connectivity index (χ0) is 24.4. The molecule has 0 bridgehead atoms. The van der Waals surface area contributed by atoms with E-state index >= 15 is 0 Å². The van der Waals surface area contributed by atoms with Crippen molar-refractivity contribution in [3.63, 3.8) is 0 Å². The Morgan fingerprint density at radius 2 is 1.26 bits per heavy atom. The van der Waals surface area contributed by atoms with Crippen LogP contribution in [0.5, 0.6) is 0 Å². The Kier molecular flexibility index (Phi) is 18.2. The second-order valence-electron chi connectivity index (χ2n) is 7.79. The summed E-state index contributed by atoms with van der Waals surface area (Å²) < 4.78 is 14.4. The van der Waals surface area contributed by atoms with Crippen molar-refractivity contribution < 1.29 is 28.6 Å². The number of carbonyl (C=O) groups excluding carboxylic acids is 3. The van der Waals surface area contributed by atoms with Crippen LogP contribution in [-0.4, -0.2) is 63.3 Å². The van der Waals surface area contributed by atoms with Crippen LogP contribution < -0.4 is 0 Å². The van der Waals surface area contributed by atoms with Crippen molar-refractivity contribution in [2.45, 2.75) is 65.4 Å². The summed E-state index contributed by atoms with van der Waals surface area (Å²) >= 11 is 0. The Hall–Kier alpha value is -2.41. The molecule has 178 valence electrons. The van der Waals surface area contributed by atoms with E-state index in [0.29, 0.717) is 23.3 Å². The minimum absolute atomic E-state index is 0.145. The number of nitrogens with zero attached hydrogens (tertiary/aromatic N) is 1. The molecule has 0 heterocycles. The lowest BCUT2D eigenvalue weighted by molar-refractivity contribution is -0.144. The first kappa shape index (κ1) is 30.8.